The van der Waals surface area contributed by atoms with E-state index in [9.17, 15) is 9.59 Å². The van der Waals surface area contributed by atoms with Gasteiger partial charge in [-0.25, -0.2) is 4.99 Å². The molecule has 1 atom stereocenters. The molecule has 0 radical (unpaired) electrons. The average Bonchev–Trinajstić information content (AvgIpc) is 3.43. The summed E-state index contributed by atoms with van der Waals surface area (Å²) in [6, 6.07) is 10.6. The molecular formula is C26H33BrN8O4. The van der Waals surface area contributed by atoms with Gasteiger partial charge in [-0.2, -0.15) is 5.21 Å². The molecule has 3 aromatic rings. The number of hydrogen-bond donors (Lipinski definition) is 4. The molecule has 0 aliphatic rings. The number of rotatable bonds is 12. The molecule has 0 spiro atoms. The van der Waals surface area contributed by atoms with Crippen molar-refractivity contribution in [3.63, 3.8) is 0 Å². The third-order valence-corrected chi connectivity index (χ3v) is 6.42. The summed E-state index contributed by atoms with van der Waals surface area (Å²) < 4.78 is 11.3. The maximum absolute atomic E-state index is 12.7. The van der Waals surface area contributed by atoms with Crippen molar-refractivity contribution in [2.45, 2.75) is 45.7 Å². The van der Waals surface area contributed by atoms with Gasteiger partial charge in [0.05, 0.1) is 26.7 Å². The Morgan fingerprint density at radius 3 is 2.54 bits per heavy atom. The predicted molar refractivity (Wildman–Crippen MR) is 150 cm³/mol. The van der Waals surface area contributed by atoms with Crippen molar-refractivity contribution in [2.24, 2.45) is 16.6 Å². The van der Waals surface area contributed by atoms with E-state index in [2.05, 4.69) is 52.2 Å². The molecule has 0 aliphatic heterocycles. The summed E-state index contributed by atoms with van der Waals surface area (Å²) >= 11 is 3.45. The molecule has 3 rings (SSSR count). The second-order valence-electron chi connectivity index (χ2n) is 9.24. The largest absolute Gasteiger partial charge is 0.493 e. The number of guanidine groups is 1. The normalized spacial score (nSPS) is 12.2. The fourth-order valence-electron chi connectivity index (χ4n) is 3.94. The third-order valence-electron chi connectivity index (χ3n) is 5.68. The van der Waals surface area contributed by atoms with Crippen LogP contribution >= 0.6 is 15.9 Å². The molecule has 13 heteroatoms. The van der Waals surface area contributed by atoms with Crippen LogP contribution in [0.25, 0.3) is 11.4 Å². The van der Waals surface area contributed by atoms with Crippen LogP contribution in [0.2, 0.25) is 0 Å². The molecule has 208 valence electrons. The Hall–Kier alpha value is -4.00. The number of H-pyrrole nitrogens is 1. The number of ether oxygens (including phenoxy) is 2. The summed E-state index contributed by atoms with van der Waals surface area (Å²) in [5, 5.41) is 19.5. The van der Waals surface area contributed by atoms with Crippen LogP contribution in [-0.2, 0) is 22.6 Å². The number of nitrogens with zero attached hydrogens (tertiary/aromatic N) is 4. The summed E-state index contributed by atoms with van der Waals surface area (Å²) in [7, 11) is 3.07. The van der Waals surface area contributed by atoms with Crippen LogP contribution in [0.4, 0.5) is 0 Å². The Bertz CT molecular complexity index is 1300. The van der Waals surface area contributed by atoms with E-state index in [4.69, 9.17) is 15.2 Å². The predicted octanol–water partition coefficient (Wildman–Crippen LogP) is 2.74. The van der Waals surface area contributed by atoms with Gasteiger partial charge >= 0.3 is 0 Å². The van der Waals surface area contributed by atoms with Crippen molar-refractivity contribution in [2.75, 3.05) is 14.2 Å². The fourth-order valence-corrected chi connectivity index (χ4v) is 4.40. The lowest BCUT2D eigenvalue weighted by molar-refractivity contribution is -0.121. The molecule has 2 aromatic carbocycles. The van der Waals surface area contributed by atoms with Gasteiger partial charge in [0.1, 0.15) is 0 Å². The van der Waals surface area contributed by atoms with Crippen LogP contribution in [0.15, 0.2) is 45.9 Å². The zero-order valence-corrected chi connectivity index (χ0v) is 23.9. The highest BCUT2D eigenvalue weighted by Crippen LogP contribution is 2.33. The third kappa shape index (κ3) is 9.06. The first kappa shape index (κ1) is 29.6. The average molecular weight is 602 g/mol. The molecule has 0 bridgehead atoms. The number of nitrogens with two attached hydrogens (primary N) is 1. The Morgan fingerprint density at radius 1 is 1.13 bits per heavy atom. The van der Waals surface area contributed by atoms with Gasteiger partial charge in [-0.3, -0.25) is 14.9 Å². The Labute approximate surface area is 235 Å². The zero-order chi connectivity index (χ0) is 28.4. The van der Waals surface area contributed by atoms with E-state index in [-0.39, 0.29) is 36.5 Å². The van der Waals surface area contributed by atoms with Gasteiger partial charge in [-0.15, -0.1) is 10.2 Å². The fraction of sp³-hybridized carbons (Fsp3) is 0.385. The van der Waals surface area contributed by atoms with E-state index in [0.29, 0.717) is 40.3 Å². The SMILES string of the molecule is COc1cc(Br)c(CC(=O)NC(N)=N[C@@H](CC(=O)NCc2cccc(-c3nn[nH]n3)c2)CC(C)C)cc1OC. The lowest BCUT2D eigenvalue weighted by Crippen LogP contribution is -2.39. The first-order valence-electron chi connectivity index (χ1n) is 12.3. The molecule has 39 heavy (non-hydrogen) atoms. The minimum Gasteiger partial charge on any atom is -0.493 e. The van der Waals surface area contributed by atoms with Crippen molar-refractivity contribution in [3.8, 4) is 22.9 Å². The van der Waals surface area contributed by atoms with Crippen molar-refractivity contribution >= 4 is 33.7 Å². The monoisotopic (exact) mass is 600 g/mol. The van der Waals surface area contributed by atoms with Crippen LogP contribution in [-0.4, -0.2) is 58.7 Å². The van der Waals surface area contributed by atoms with Gasteiger partial charge in [0.15, 0.2) is 17.5 Å². The summed E-state index contributed by atoms with van der Waals surface area (Å²) in [4.78, 5) is 29.9. The Balaban J connectivity index is 1.59. The smallest absolute Gasteiger partial charge is 0.231 e. The van der Waals surface area contributed by atoms with Gasteiger partial charge in [0.25, 0.3) is 0 Å². The second kappa shape index (κ2) is 14.2. The summed E-state index contributed by atoms with van der Waals surface area (Å²) in [6.07, 6.45) is 0.786. The Kier molecular flexibility index (Phi) is 10.8. The van der Waals surface area contributed by atoms with E-state index >= 15 is 0 Å². The number of aromatic nitrogens is 4. The maximum atomic E-state index is 12.7. The molecule has 0 saturated heterocycles. The lowest BCUT2D eigenvalue weighted by Gasteiger charge is -2.16. The molecule has 5 N–H and O–H groups in total. The summed E-state index contributed by atoms with van der Waals surface area (Å²) in [5.41, 5.74) is 8.44. The summed E-state index contributed by atoms with van der Waals surface area (Å²) in [6.45, 7) is 4.40. The number of carbonyl (C=O) groups excluding carboxylic acids is 2. The van der Waals surface area contributed by atoms with Crippen molar-refractivity contribution in [1.29, 1.82) is 0 Å². The van der Waals surface area contributed by atoms with Crippen LogP contribution in [0.5, 0.6) is 11.5 Å². The van der Waals surface area contributed by atoms with Crippen LogP contribution in [0, 0.1) is 5.92 Å². The molecule has 0 saturated carbocycles. The van der Waals surface area contributed by atoms with E-state index in [1.165, 1.54) is 14.2 Å². The number of carbonyl (C=O) groups is 2. The van der Waals surface area contributed by atoms with Crippen molar-refractivity contribution in [1.82, 2.24) is 31.3 Å². The van der Waals surface area contributed by atoms with Crippen LogP contribution in [0.1, 0.15) is 37.8 Å². The van der Waals surface area contributed by atoms with E-state index < -0.39 is 6.04 Å². The molecule has 0 unspecified atom stereocenters. The number of benzene rings is 2. The topological polar surface area (TPSA) is 169 Å². The summed E-state index contributed by atoms with van der Waals surface area (Å²) in [5.74, 6) is 1.23. The highest BCUT2D eigenvalue weighted by atomic mass is 79.9. The van der Waals surface area contributed by atoms with Crippen molar-refractivity contribution < 1.29 is 19.1 Å². The van der Waals surface area contributed by atoms with Gasteiger partial charge in [-0.1, -0.05) is 48.0 Å². The van der Waals surface area contributed by atoms with Gasteiger partial charge < -0.3 is 20.5 Å². The molecule has 12 nitrogen and oxygen atoms in total. The molecule has 0 fully saturated rings. The minimum absolute atomic E-state index is 0.0371. The van der Waals surface area contributed by atoms with Gasteiger partial charge in [-0.05, 0) is 46.9 Å². The van der Waals surface area contributed by atoms with Crippen LogP contribution in [0.3, 0.4) is 0 Å². The quantitative estimate of drug-likeness (QED) is 0.181. The van der Waals surface area contributed by atoms with Gasteiger partial charge in [0.2, 0.25) is 17.6 Å². The van der Waals surface area contributed by atoms with E-state index in [1.807, 2.05) is 38.1 Å². The standard InChI is InChI=1S/C26H33BrN8O4/c1-15(2)8-19(12-23(36)29-14-16-6-5-7-17(9-16)25-32-34-35-33-25)30-26(28)31-24(37)11-18-10-21(38-3)22(39-4)13-20(18)27/h5-7,9-10,13,15,19H,8,11-12,14H2,1-4H3,(H,29,36)(H3,28,30,31,37)(H,32,33,34,35)/t19-/m1/s1. The number of tetrazole rings is 1. The maximum Gasteiger partial charge on any atom is 0.231 e. The van der Waals surface area contributed by atoms with Crippen LogP contribution < -0.4 is 25.8 Å². The first-order chi connectivity index (χ1) is 18.7. The highest BCUT2D eigenvalue weighted by molar-refractivity contribution is 9.10. The number of amides is 2. The number of aromatic amines is 1. The molecular weight excluding hydrogens is 568 g/mol. The number of aliphatic imine (C=N–C) groups is 1. The Morgan fingerprint density at radius 2 is 1.87 bits per heavy atom. The molecule has 0 aliphatic carbocycles. The van der Waals surface area contributed by atoms with E-state index in [1.54, 1.807) is 12.1 Å². The number of halogens is 1. The number of nitrogens with one attached hydrogen (secondary N) is 3. The number of methoxy groups -OCH3 is 2. The van der Waals surface area contributed by atoms with E-state index in [0.717, 1.165) is 11.1 Å². The van der Waals surface area contributed by atoms with Gasteiger partial charge in [0, 0.05) is 23.0 Å². The highest BCUT2D eigenvalue weighted by Gasteiger charge is 2.17. The second-order valence-corrected chi connectivity index (χ2v) is 10.1. The zero-order valence-electron chi connectivity index (χ0n) is 22.3. The number of hydrogen-bond acceptors (Lipinski definition) is 8. The first-order valence-corrected chi connectivity index (χ1v) is 13.1. The lowest BCUT2D eigenvalue weighted by atomic mass is 10.0. The molecule has 2 amide bonds. The van der Waals surface area contributed by atoms with Crippen molar-refractivity contribution in [3.05, 3.63) is 52.0 Å². The molecule has 1 aromatic heterocycles. The minimum atomic E-state index is -0.399. The molecule has 1 heterocycles.